The van der Waals surface area contributed by atoms with Crippen LogP contribution in [0, 0.1) is 13.8 Å². The monoisotopic (exact) mass is 310 g/mol. The van der Waals surface area contributed by atoms with E-state index in [4.69, 9.17) is 4.99 Å². The lowest BCUT2D eigenvalue weighted by molar-refractivity contribution is 0.476. The first-order valence-electron chi connectivity index (χ1n) is 8.06. The predicted molar refractivity (Wildman–Crippen MR) is 96.4 cm³/mol. The van der Waals surface area contributed by atoms with Gasteiger partial charge in [0.05, 0.1) is 12.2 Å². The number of rotatable bonds is 5. The number of aryl methyl sites for hydroxylation is 2. The average molecular weight is 310 g/mol. The quantitative estimate of drug-likeness (QED) is 0.680. The van der Waals surface area contributed by atoms with Gasteiger partial charge in [0.1, 0.15) is 0 Å². The van der Waals surface area contributed by atoms with Crippen LogP contribution in [0.5, 0.6) is 0 Å². The number of hydrogen-bond donors (Lipinski definition) is 1. The van der Waals surface area contributed by atoms with E-state index < -0.39 is 0 Å². The summed E-state index contributed by atoms with van der Waals surface area (Å²) < 4.78 is 0. The number of benzene rings is 1. The molecule has 23 heavy (non-hydrogen) atoms. The second-order valence-corrected chi connectivity index (χ2v) is 5.78. The van der Waals surface area contributed by atoms with Crippen molar-refractivity contribution < 1.29 is 0 Å². The zero-order valence-electron chi connectivity index (χ0n) is 14.5. The van der Waals surface area contributed by atoms with E-state index in [-0.39, 0.29) is 0 Å². The maximum Gasteiger partial charge on any atom is 0.194 e. The van der Waals surface area contributed by atoms with Crippen LogP contribution in [-0.4, -0.2) is 29.4 Å². The van der Waals surface area contributed by atoms with Crippen molar-refractivity contribution >= 4 is 5.96 Å². The molecule has 0 bridgehead atoms. The summed E-state index contributed by atoms with van der Waals surface area (Å²) in [4.78, 5) is 11.4. The summed E-state index contributed by atoms with van der Waals surface area (Å²) in [6, 6.07) is 14.7. The maximum absolute atomic E-state index is 4.71. The van der Waals surface area contributed by atoms with Crippen LogP contribution in [0.1, 0.15) is 29.4 Å². The summed E-state index contributed by atoms with van der Waals surface area (Å²) in [5.74, 6) is 0.899. The smallest absolute Gasteiger partial charge is 0.194 e. The van der Waals surface area contributed by atoms with Gasteiger partial charge in [0, 0.05) is 25.8 Å². The van der Waals surface area contributed by atoms with E-state index in [2.05, 4.69) is 60.4 Å². The van der Waals surface area contributed by atoms with Gasteiger partial charge >= 0.3 is 0 Å². The van der Waals surface area contributed by atoms with Crippen molar-refractivity contribution in [3.8, 4) is 0 Å². The number of hydrogen-bond acceptors (Lipinski definition) is 2. The Hall–Kier alpha value is -2.36. The Morgan fingerprint density at radius 1 is 1.13 bits per heavy atom. The van der Waals surface area contributed by atoms with E-state index in [1.165, 1.54) is 11.1 Å². The fourth-order valence-corrected chi connectivity index (χ4v) is 2.36. The summed E-state index contributed by atoms with van der Waals surface area (Å²) >= 11 is 0. The molecule has 1 N–H and O–H groups in total. The summed E-state index contributed by atoms with van der Waals surface area (Å²) in [5.41, 5.74) is 4.57. The highest BCUT2D eigenvalue weighted by molar-refractivity contribution is 5.79. The minimum atomic E-state index is 0.586. The maximum atomic E-state index is 4.71. The molecule has 4 nitrogen and oxygen atoms in total. The molecular weight excluding hydrogens is 284 g/mol. The molecule has 0 spiro atoms. The van der Waals surface area contributed by atoms with E-state index >= 15 is 0 Å². The van der Waals surface area contributed by atoms with Crippen molar-refractivity contribution in [2.24, 2.45) is 4.99 Å². The van der Waals surface area contributed by atoms with Gasteiger partial charge < -0.3 is 10.2 Å². The normalized spacial score (nSPS) is 11.4. The van der Waals surface area contributed by atoms with E-state index in [1.54, 1.807) is 0 Å². The lowest BCUT2D eigenvalue weighted by Crippen LogP contribution is -2.38. The molecule has 1 aromatic carbocycles. The average Bonchev–Trinajstić information content (AvgIpc) is 2.53. The minimum Gasteiger partial charge on any atom is -0.357 e. The Kier molecular flexibility index (Phi) is 6.15. The topological polar surface area (TPSA) is 40.5 Å². The number of nitrogens with one attached hydrogen (secondary N) is 1. The molecule has 0 atom stereocenters. The summed E-state index contributed by atoms with van der Waals surface area (Å²) in [6.45, 7) is 8.45. The molecule has 2 rings (SSSR count). The second kappa shape index (κ2) is 8.32. The van der Waals surface area contributed by atoms with Crippen molar-refractivity contribution in [3.63, 3.8) is 0 Å². The van der Waals surface area contributed by atoms with Gasteiger partial charge in [-0.2, -0.15) is 0 Å². The van der Waals surface area contributed by atoms with Gasteiger partial charge in [-0.15, -0.1) is 0 Å². The van der Waals surface area contributed by atoms with Gasteiger partial charge in [-0.3, -0.25) is 4.98 Å². The summed E-state index contributed by atoms with van der Waals surface area (Å²) in [7, 11) is 2.06. The third-order valence-electron chi connectivity index (χ3n) is 3.57. The third kappa shape index (κ3) is 5.40. The van der Waals surface area contributed by atoms with Crippen molar-refractivity contribution in [2.45, 2.75) is 33.9 Å². The molecule has 0 aliphatic rings. The molecule has 1 heterocycles. The van der Waals surface area contributed by atoms with E-state index in [0.29, 0.717) is 6.54 Å². The Labute approximate surface area is 139 Å². The van der Waals surface area contributed by atoms with Crippen molar-refractivity contribution in [1.29, 1.82) is 0 Å². The molecule has 122 valence electrons. The van der Waals surface area contributed by atoms with Gasteiger partial charge in [0.2, 0.25) is 0 Å². The third-order valence-corrected chi connectivity index (χ3v) is 3.57. The number of nitrogens with zero attached hydrogens (tertiary/aromatic N) is 3. The molecular formula is C19H26N4. The predicted octanol–water partition coefficient (Wildman–Crippen LogP) is 3.30. The lowest BCUT2D eigenvalue weighted by Gasteiger charge is -2.22. The van der Waals surface area contributed by atoms with E-state index in [0.717, 1.165) is 30.4 Å². The van der Waals surface area contributed by atoms with Crippen molar-refractivity contribution in [2.75, 3.05) is 13.6 Å². The fraction of sp³-hybridized carbons (Fsp3) is 0.368. The summed E-state index contributed by atoms with van der Waals surface area (Å²) in [5, 5.41) is 3.35. The zero-order chi connectivity index (χ0) is 16.7. The number of pyridine rings is 1. The molecule has 0 saturated heterocycles. The SMILES string of the molecule is CCNC(=NCc1cccc(C)n1)N(C)Cc1ccc(C)cc1. The molecule has 0 fully saturated rings. The van der Waals surface area contributed by atoms with E-state index in [9.17, 15) is 0 Å². The molecule has 0 unspecified atom stereocenters. The van der Waals surface area contributed by atoms with Crippen LogP contribution in [0.3, 0.4) is 0 Å². The number of aliphatic imine (C=N–C) groups is 1. The van der Waals surface area contributed by atoms with E-state index in [1.807, 2.05) is 25.1 Å². The minimum absolute atomic E-state index is 0.586. The lowest BCUT2D eigenvalue weighted by atomic mass is 10.1. The van der Waals surface area contributed by atoms with Crippen molar-refractivity contribution in [1.82, 2.24) is 15.2 Å². The van der Waals surface area contributed by atoms with Crippen LogP contribution in [-0.2, 0) is 13.1 Å². The Balaban J connectivity index is 2.06. The van der Waals surface area contributed by atoms with Crippen LogP contribution in [0.4, 0.5) is 0 Å². The molecule has 0 saturated carbocycles. The molecule has 0 amide bonds. The van der Waals surface area contributed by atoms with Gasteiger partial charge in [-0.05, 0) is 38.5 Å². The first kappa shape index (κ1) is 17.0. The first-order valence-corrected chi connectivity index (χ1v) is 8.06. The van der Waals surface area contributed by atoms with Gasteiger partial charge in [0.15, 0.2) is 5.96 Å². The number of aromatic nitrogens is 1. The zero-order valence-corrected chi connectivity index (χ0v) is 14.5. The van der Waals surface area contributed by atoms with Crippen molar-refractivity contribution in [3.05, 3.63) is 65.0 Å². The molecule has 2 aromatic rings. The van der Waals surface area contributed by atoms with Crippen LogP contribution in [0.15, 0.2) is 47.5 Å². The molecule has 0 radical (unpaired) electrons. The van der Waals surface area contributed by atoms with Crippen LogP contribution in [0.25, 0.3) is 0 Å². The summed E-state index contributed by atoms with van der Waals surface area (Å²) in [6.07, 6.45) is 0. The van der Waals surface area contributed by atoms with Gasteiger partial charge in [0.25, 0.3) is 0 Å². The Morgan fingerprint density at radius 2 is 1.87 bits per heavy atom. The standard InChI is InChI=1S/C19H26N4/c1-5-20-19(21-13-18-8-6-7-16(3)22-18)23(4)14-17-11-9-15(2)10-12-17/h6-12H,5,13-14H2,1-4H3,(H,20,21). The highest BCUT2D eigenvalue weighted by atomic mass is 15.3. The fourth-order valence-electron chi connectivity index (χ4n) is 2.36. The molecule has 0 aliphatic carbocycles. The van der Waals surface area contributed by atoms with Crippen LogP contribution in [0.2, 0.25) is 0 Å². The highest BCUT2D eigenvalue weighted by Crippen LogP contribution is 2.07. The van der Waals surface area contributed by atoms with Crippen LogP contribution >= 0.6 is 0 Å². The van der Waals surface area contributed by atoms with Gasteiger partial charge in [-0.1, -0.05) is 35.9 Å². The molecule has 1 aromatic heterocycles. The van der Waals surface area contributed by atoms with Gasteiger partial charge in [-0.25, -0.2) is 4.99 Å². The van der Waals surface area contributed by atoms with Crippen LogP contribution < -0.4 is 5.32 Å². The largest absolute Gasteiger partial charge is 0.357 e. The molecule has 4 heteroatoms. The second-order valence-electron chi connectivity index (χ2n) is 5.78. The first-order chi connectivity index (χ1) is 11.1. The Bertz CT molecular complexity index is 647. The highest BCUT2D eigenvalue weighted by Gasteiger charge is 2.06. The Morgan fingerprint density at radius 3 is 2.52 bits per heavy atom. The number of guanidine groups is 1. The molecule has 0 aliphatic heterocycles.